The third-order valence-corrected chi connectivity index (χ3v) is 6.85. The van der Waals surface area contributed by atoms with Gasteiger partial charge in [-0.05, 0) is 23.4 Å². The monoisotopic (exact) mass is 365 g/mol. The minimum Gasteiger partial charge on any atom is -0.338 e. The molecule has 2 N–H and O–H groups in total. The molecule has 2 atom stereocenters. The second-order valence-electron chi connectivity index (χ2n) is 6.29. The van der Waals surface area contributed by atoms with E-state index in [0.717, 1.165) is 20.7 Å². The second-order valence-corrected chi connectivity index (χ2v) is 8.32. The van der Waals surface area contributed by atoms with Crippen LogP contribution in [0.3, 0.4) is 0 Å². The molecule has 2 aromatic heterocycles. The Balaban J connectivity index is 1.59. The van der Waals surface area contributed by atoms with Crippen LogP contribution in [0.4, 0.5) is 0 Å². The van der Waals surface area contributed by atoms with Crippen molar-refractivity contribution < 1.29 is 9.59 Å². The lowest BCUT2D eigenvalue weighted by Gasteiger charge is -2.36. The molecule has 0 aromatic carbocycles. The van der Waals surface area contributed by atoms with E-state index in [2.05, 4.69) is 0 Å². The van der Waals surface area contributed by atoms with Gasteiger partial charge in [0.05, 0.1) is 10.9 Å². The number of nitrogens with two attached hydrogens (primary N) is 1. The van der Waals surface area contributed by atoms with Gasteiger partial charge in [0.2, 0.25) is 5.91 Å². The first-order valence-corrected chi connectivity index (χ1v) is 10.0. The number of piperazine rings is 1. The van der Waals surface area contributed by atoms with E-state index in [1.807, 2.05) is 36.3 Å². The number of amides is 2. The predicted octanol–water partition coefficient (Wildman–Crippen LogP) is 2.62. The molecule has 130 valence electrons. The van der Waals surface area contributed by atoms with Gasteiger partial charge in [-0.1, -0.05) is 20.3 Å². The van der Waals surface area contributed by atoms with Crippen LogP contribution in [0.1, 0.15) is 29.9 Å². The number of nitrogens with zero attached hydrogens (tertiary/aromatic N) is 2. The molecule has 1 aliphatic rings. The zero-order valence-electron chi connectivity index (χ0n) is 14.0. The minimum absolute atomic E-state index is 0.00749. The highest BCUT2D eigenvalue weighted by Crippen LogP contribution is 2.30. The molecule has 1 aliphatic heterocycles. The molecule has 2 aromatic rings. The molecule has 7 heteroatoms. The number of carbonyl (C=O) groups excluding carboxylic acids is 2. The molecule has 2 amide bonds. The highest BCUT2D eigenvalue weighted by Gasteiger charge is 2.30. The predicted molar refractivity (Wildman–Crippen MR) is 99.6 cm³/mol. The summed E-state index contributed by atoms with van der Waals surface area (Å²) in [5.41, 5.74) is 6.05. The summed E-state index contributed by atoms with van der Waals surface area (Å²) < 4.78 is 2.33. The van der Waals surface area contributed by atoms with Gasteiger partial charge in [-0.25, -0.2) is 0 Å². The SMILES string of the molecule is CCC(C)C(N)C(=O)N1CCN(C(=O)c2cc3sccc3s2)CC1. The number of rotatable bonds is 4. The number of fused-ring (bicyclic) bond motifs is 1. The maximum absolute atomic E-state index is 12.6. The molecule has 1 saturated heterocycles. The molecule has 5 nitrogen and oxygen atoms in total. The first-order valence-electron chi connectivity index (χ1n) is 8.32. The van der Waals surface area contributed by atoms with Crippen LogP contribution >= 0.6 is 22.7 Å². The van der Waals surface area contributed by atoms with E-state index < -0.39 is 6.04 Å². The highest BCUT2D eigenvalue weighted by atomic mass is 32.1. The summed E-state index contributed by atoms with van der Waals surface area (Å²) in [5, 5.41) is 2.04. The lowest BCUT2D eigenvalue weighted by Crippen LogP contribution is -2.55. The Bertz CT molecular complexity index is 703. The molecule has 2 unspecified atom stereocenters. The second kappa shape index (κ2) is 7.21. The minimum atomic E-state index is -0.443. The molecular weight excluding hydrogens is 342 g/mol. The maximum atomic E-state index is 12.6. The molecule has 0 radical (unpaired) electrons. The van der Waals surface area contributed by atoms with Crippen molar-refractivity contribution in [1.82, 2.24) is 9.80 Å². The van der Waals surface area contributed by atoms with Crippen molar-refractivity contribution in [1.29, 1.82) is 0 Å². The summed E-state index contributed by atoms with van der Waals surface area (Å²) in [6.07, 6.45) is 0.890. The largest absolute Gasteiger partial charge is 0.338 e. The van der Waals surface area contributed by atoms with Gasteiger partial charge in [-0.3, -0.25) is 9.59 Å². The number of thiophene rings is 2. The highest BCUT2D eigenvalue weighted by molar-refractivity contribution is 7.27. The molecule has 1 fully saturated rings. The summed E-state index contributed by atoms with van der Waals surface area (Å²) >= 11 is 3.20. The third-order valence-electron chi connectivity index (χ3n) is 4.77. The van der Waals surface area contributed by atoms with Crippen LogP contribution < -0.4 is 5.73 Å². The van der Waals surface area contributed by atoms with Gasteiger partial charge in [0.1, 0.15) is 0 Å². The van der Waals surface area contributed by atoms with Gasteiger partial charge in [0.25, 0.3) is 5.91 Å². The molecule has 0 spiro atoms. The fourth-order valence-corrected chi connectivity index (χ4v) is 4.94. The Labute approximate surface area is 150 Å². The van der Waals surface area contributed by atoms with Crippen molar-refractivity contribution in [3.63, 3.8) is 0 Å². The van der Waals surface area contributed by atoms with E-state index in [4.69, 9.17) is 5.73 Å². The first kappa shape index (κ1) is 17.4. The Kier molecular flexibility index (Phi) is 5.22. The zero-order valence-corrected chi connectivity index (χ0v) is 15.7. The summed E-state index contributed by atoms with van der Waals surface area (Å²) in [5.74, 6) is 0.256. The van der Waals surface area contributed by atoms with Crippen molar-refractivity contribution in [2.75, 3.05) is 26.2 Å². The van der Waals surface area contributed by atoms with Gasteiger partial charge in [0.15, 0.2) is 0 Å². The lowest BCUT2D eigenvalue weighted by atomic mass is 9.98. The number of hydrogen-bond acceptors (Lipinski definition) is 5. The van der Waals surface area contributed by atoms with Crippen LogP contribution in [0.5, 0.6) is 0 Å². The molecule has 24 heavy (non-hydrogen) atoms. The van der Waals surface area contributed by atoms with E-state index in [0.29, 0.717) is 26.2 Å². The van der Waals surface area contributed by atoms with Crippen molar-refractivity contribution in [2.45, 2.75) is 26.3 Å². The molecule has 3 heterocycles. The van der Waals surface area contributed by atoms with Crippen molar-refractivity contribution in [3.8, 4) is 0 Å². The van der Waals surface area contributed by atoms with E-state index in [1.54, 1.807) is 27.6 Å². The maximum Gasteiger partial charge on any atom is 0.264 e. The summed E-state index contributed by atoms with van der Waals surface area (Å²) in [4.78, 5) is 29.5. The van der Waals surface area contributed by atoms with Crippen molar-refractivity contribution in [2.24, 2.45) is 11.7 Å². The Morgan fingerprint density at radius 2 is 1.88 bits per heavy atom. The van der Waals surface area contributed by atoms with E-state index in [9.17, 15) is 9.59 Å². The zero-order chi connectivity index (χ0) is 17.3. The van der Waals surface area contributed by atoms with Crippen LogP contribution in [0.25, 0.3) is 9.40 Å². The average molecular weight is 366 g/mol. The topological polar surface area (TPSA) is 66.6 Å². The standard InChI is InChI=1S/C17H23N3O2S2/c1-3-11(2)15(18)17(22)20-7-5-19(6-8-20)16(21)14-10-13-12(24-14)4-9-23-13/h4,9-11,15H,3,5-8,18H2,1-2H3. The van der Waals surface area contributed by atoms with Crippen molar-refractivity contribution in [3.05, 3.63) is 22.4 Å². The fraction of sp³-hybridized carbons (Fsp3) is 0.529. The van der Waals surface area contributed by atoms with Crippen LogP contribution in [-0.2, 0) is 4.79 Å². The quantitative estimate of drug-likeness (QED) is 0.906. The third kappa shape index (κ3) is 3.34. The Hall–Kier alpha value is -1.44. The van der Waals surface area contributed by atoms with Gasteiger partial charge in [-0.2, -0.15) is 0 Å². The molecule has 0 aliphatic carbocycles. The van der Waals surface area contributed by atoms with Gasteiger partial charge < -0.3 is 15.5 Å². The summed E-state index contributed by atoms with van der Waals surface area (Å²) in [6.45, 7) is 6.32. The van der Waals surface area contributed by atoms with Crippen LogP contribution in [0, 0.1) is 5.92 Å². The molecular formula is C17H23N3O2S2. The summed E-state index contributed by atoms with van der Waals surface area (Å²) in [7, 11) is 0. The van der Waals surface area contributed by atoms with Crippen molar-refractivity contribution >= 4 is 43.9 Å². The molecule has 3 rings (SSSR count). The fourth-order valence-electron chi connectivity index (χ4n) is 2.87. The normalized spacial score (nSPS) is 18.0. The van der Waals surface area contributed by atoms with Crippen LogP contribution in [0.15, 0.2) is 17.5 Å². The Morgan fingerprint density at radius 3 is 2.50 bits per heavy atom. The lowest BCUT2D eigenvalue weighted by molar-refractivity contribution is -0.135. The van der Waals surface area contributed by atoms with Gasteiger partial charge in [-0.15, -0.1) is 22.7 Å². The Morgan fingerprint density at radius 1 is 1.21 bits per heavy atom. The summed E-state index contributed by atoms with van der Waals surface area (Å²) in [6, 6.07) is 3.58. The van der Waals surface area contributed by atoms with Gasteiger partial charge in [0, 0.05) is 35.6 Å². The number of carbonyl (C=O) groups is 2. The van der Waals surface area contributed by atoms with Crippen LogP contribution in [-0.4, -0.2) is 53.8 Å². The number of hydrogen-bond donors (Lipinski definition) is 1. The average Bonchev–Trinajstić information content (AvgIpc) is 3.21. The van der Waals surface area contributed by atoms with Gasteiger partial charge >= 0.3 is 0 Å². The molecule has 0 saturated carbocycles. The van der Waals surface area contributed by atoms with Crippen LogP contribution in [0.2, 0.25) is 0 Å². The van der Waals surface area contributed by atoms with E-state index in [-0.39, 0.29) is 17.7 Å². The van der Waals surface area contributed by atoms with E-state index >= 15 is 0 Å². The smallest absolute Gasteiger partial charge is 0.264 e. The van der Waals surface area contributed by atoms with E-state index in [1.165, 1.54) is 0 Å². The molecule has 0 bridgehead atoms. The first-order chi connectivity index (χ1) is 11.5.